The molecule has 0 saturated heterocycles. The number of nitrogens with zero attached hydrogens (tertiary/aromatic N) is 1. The van der Waals surface area contributed by atoms with E-state index < -0.39 is 0 Å². The second-order valence-corrected chi connectivity index (χ2v) is 7.19. The van der Waals surface area contributed by atoms with Crippen molar-refractivity contribution in [1.82, 2.24) is 9.55 Å². The van der Waals surface area contributed by atoms with Crippen molar-refractivity contribution in [2.45, 2.75) is 6.54 Å². The van der Waals surface area contributed by atoms with Crippen LogP contribution in [0.2, 0.25) is 0 Å². The van der Waals surface area contributed by atoms with Gasteiger partial charge < -0.3 is 14.3 Å². The van der Waals surface area contributed by atoms with Crippen molar-refractivity contribution < 1.29 is 9.53 Å². The van der Waals surface area contributed by atoms with E-state index >= 15 is 0 Å². The molecule has 5 aromatic rings. The number of carbonyl (C=O) groups is 1. The Morgan fingerprint density at radius 1 is 0.931 bits per heavy atom. The van der Waals surface area contributed by atoms with Gasteiger partial charge in [0.2, 0.25) is 0 Å². The van der Waals surface area contributed by atoms with Gasteiger partial charge in [0.25, 0.3) is 0 Å². The Kier molecular flexibility index (Phi) is 4.17. The predicted molar refractivity (Wildman–Crippen MR) is 116 cm³/mol. The molecule has 0 unspecified atom stereocenters. The third-order valence-electron chi connectivity index (χ3n) is 5.36. The zero-order valence-electron chi connectivity index (χ0n) is 16.1. The van der Waals surface area contributed by atoms with E-state index in [1.807, 2.05) is 24.4 Å². The first-order valence-electron chi connectivity index (χ1n) is 9.55. The molecule has 0 aliphatic heterocycles. The van der Waals surface area contributed by atoms with Crippen molar-refractivity contribution in [3.63, 3.8) is 0 Å². The molecule has 0 saturated carbocycles. The van der Waals surface area contributed by atoms with Gasteiger partial charge in [-0.1, -0.05) is 36.4 Å². The highest BCUT2D eigenvalue weighted by Gasteiger charge is 2.09. The zero-order chi connectivity index (χ0) is 19.8. The van der Waals surface area contributed by atoms with E-state index in [9.17, 15) is 4.79 Å². The van der Waals surface area contributed by atoms with Crippen LogP contribution in [0.1, 0.15) is 15.9 Å². The summed E-state index contributed by atoms with van der Waals surface area (Å²) in [4.78, 5) is 15.1. The van der Waals surface area contributed by atoms with Crippen LogP contribution in [0.4, 0.5) is 0 Å². The fourth-order valence-corrected chi connectivity index (χ4v) is 3.84. The van der Waals surface area contributed by atoms with Gasteiger partial charge in [0, 0.05) is 30.0 Å². The van der Waals surface area contributed by atoms with Crippen molar-refractivity contribution in [3.05, 3.63) is 96.3 Å². The van der Waals surface area contributed by atoms with Gasteiger partial charge in [0.05, 0.1) is 12.7 Å². The number of esters is 1. The minimum Gasteiger partial charge on any atom is -0.465 e. The van der Waals surface area contributed by atoms with Crippen LogP contribution in [0.15, 0.2) is 85.2 Å². The summed E-state index contributed by atoms with van der Waals surface area (Å²) in [5, 5.41) is 2.41. The van der Waals surface area contributed by atoms with E-state index in [1.165, 1.54) is 29.0 Å². The number of H-pyrrole nitrogens is 1. The maximum absolute atomic E-state index is 11.8. The Morgan fingerprint density at radius 3 is 2.62 bits per heavy atom. The van der Waals surface area contributed by atoms with Crippen LogP contribution in [0.3, 0.4) is 0 Å². The van der Waals surface area contributed by atoms with E-state index in [0.717, 1.165) is 16.6 Å². The molecule has 0 amide bonds. The quantitative estimate of drug-likeness (QED) is 0.411. The van der Waals surface area contributed by atoms with Gasteiger partial charge in [-0.3, -0.25) is 0 Å². The van der Waals surface area contributed by atoms with E-state index in [-0.39, 0.29) is 5.97 Å². The number of benzene rings is 3. The lowest BCUT2D eigenvalue weighted by molar-refractivity contribution is 0.0600. The number of nitrogens with one attached hydrogen (secondary N) is 1. The smallest absolute Gasteiger partial charge is 0.337 e. The lowest BCUT2D eigenvalue weighted by atomic mass is 10.0. The minimum absolute atomic E-state index is 0.314. The lowest BCUT2D eigenvalue weighted by Gasteiger charge is -2.09. The fraction of sp³-hybridized carbons (Fsp3) is 0.0800. The van der Waals surface area contributed by atoms with Crippen molar-refractivity contribution in [1.29, 1.82) is 0 Å². The number of aromatic amines is 1. The highest BCUT2D eigenvalue weighted by Crippen LogP contribution is 2.28. The molecule has 0 fully saturated rings. The number of aromatic nitrogens is 2. The summed E-state index contributed by atoms with van der Waals surface area (Å²) in [5.74, 6) is -0.314. The number of hydrogen-bond donors (Lipinski definition) is 1. The highest BCUT2D eigenvalue weighted by molar-refractivity contribution is 5.90. The molecule has 2 aromatic heterocycles. The van der Waals surface area contributed by atoms with E-state index in [2.05, 4.69) is 64.3 Å². The normalized spacial score (nSPS) is 11.2. The van der Waals surface area contributed by atoms with Crippen LogP contribution < -0.4 is 0 Å². The maximum atomic E-state index is 11.8. The number of fused-ring (bicyclic) bond motifs is 2. The van der Waals surface area contributed by atoms with E-state index in [0.29, 0.717) is 12.1 Å². The summed E-state index contributed by atoms with van der Waals surface area (Å²) < 4.78 is 7.05. The first kappa shape index (κ1) is 17.3. The zero-order valence-corrected chi connectivity index (χ0v) is 16.1. The SMILES string of the molecule is COC(=O)c1cccc(Cn2ccc3ccc(-c4ccc5cc[nH]c5c4)cc32)c1. The Bertz CT molecular complexity index is 1340. The largest absolute Gasteiger partial charge is 0.465 e. The van der Waals surface area contributed by atoms with Gasteiger partial charge in [-0.2, -0.15) is 0 Å². The molecule has 0 aliphatic carbocycles. The molecular formula is C25H20N2O2. The van der Waals surface area contributed by atoms with Gasteiger partial charge in [0.15, 0.2) is 0 Å². The van der Waals surface area contributed by atoms with Gasteiger partial charge in [-0.25, -0.2) is 4.79 Å². The molecule has 0 spiro atoms. The Hall–Kier alpha value is -3.79. The Morgan fingerprint density at radius 2 is 1.76 bits per heavy atom. The summed E-state index contributed by atoms with van der Waals surface area (Å²) in [7, 11) is 1.40. The topological polar surface area (TPSA) is 47.0 Å². The third kappa shape index (κ3) is 3.19. The summed E-state index contributed by atoms with van der Waals surface area (Å²) in [6.45, 7) is 0.688. The minimum atomic E-state index is -0.314. The summed E-state index contributed by atoms with van der Waals surface area (Å²) in [6.07, 6.45) is 4.05. The van der Waals surface area contributed by atoms with Crippen LogP contribution in [0.5, 0.6) is 0 Å². The third-order valence-corrected chi connectivity index (χ3v) is 5.36. The predicted octanol–water partition coefficient (Wildman–Crippen LogP) is 5.62. The molecule has 142 valence electrons. The van der Waals surface area contributed by atoms with Crippen LogP contribution in [-0.4, -0.2) is 22.6 Å². The van der Waals surface area contributed by atoms with Gasteiger partial charge in [0.1, 0.15) is 0 Å². The first-order valence-corrected chi connectivity index (χ1v) is 9.55. The van der Waals surface area contributed by atoms with Gasteiger partial charge in [-0.05, 0) is 63.9 Å². The molecule has 0 aliphatic rings. The number of carbonyl (C=O) groups excluding carboxylic acids is 1. The molecule has 4 nitrogen and oxygen atoms in total. The number of hydrogen-bond acceptors (Lipinski definition) is 2. The molecular weight excluding hydrogens is 360 g/mol. The fourth-order valence-electron chi connectivity index (χ4n) is 3.84. The molecule has 2 heterocycles. The standard InChI is InChI=1S/C25H20N2O2/c1-29-25(28)22-4-2-3-17(13-22)16-27-12-10-19-6-8-21(15-24(19)27)20-7-5-18-9-11-26-23(18)14-20/h2-15,26H,16H2,1H3. The molecule has 0 atom stereocenters. The Labute approximate surface area is 168 Å². The van der Waals surface area contributed by atoms with Crippen molar-refractivity contribution in [2.75, 3.05) is 7.11 Å². The van der Waals surface area contributed by atoms with Gasteiger partial charge >= 0.3 is 5.97 Å². The molecule has 0 radical (unpaired) electrons. The van der Waals surface area contributed by atoms with Crippen LogP contribution in [0, 0.1) is 0 Å². The average molecular weight is 380 g/mol. The molecule has 1 N–H and O–H groups in total. The van der Waals surface area contributed by atoms with E-state index in [1.54, 1.807) is 6.07 Å². The highest BCUT2D eigenvalue weighted by atomic mass is 16.5. The molecule has 0 bridgehead atoms. The van der Waals surface area contributed by atoms with Crippen molar-refractivity contribution in [3.8, 4) is 11.1 Å². The lowest BCUT2D eigenvalue weighted by Crippen LogP contribution is -2.03. The number of rotatable bonds is 4. The van der Waals surface area contributed by atoms with Crippen molar-refractivity contribution >= 4 is 27.8 Å². The maximum Gasteiger partial charge on any atom is 0.337 e. The second kappa shape index (κ2) is 6.99. The summed E-state index contributed by atoms with van der Waals surface area (Å²) in [6, 6.07) is 24.8. The Balaban J connectivity index is 1.52. The first-order chi connectivity index (χ1) is 14.2. The van der Waals surface area contributed by atoms with Crippen LogP contribution in [-0.2, 0) is 11.3 Å². The van der Waals surface area contributed by atoms with Crippen molar-refractivity contribution in [2.24, 2.45) is 0 Å². The molecule has 4 heteroatoms. The number of ether oxygens (including phenoxy) is 1. The molecule has 29 heavy (non-hydrogen) atoms. The van der Waals surface area contributed by atoms with Gasteiger partial charge in [-0.15, -0.1) is 0 Å². The van der Waals surface area contributed by atoms with Crippen LogP contribution >= 0.6 is 0 Å². The van der Waals surface area contributed by atoms with E-state index in [4.69, 9.17) is 4.74 Å². The van der Waals surface area contributed by atoms with Crippen LogP contribution in [0.25, 0.3) is 32.9 Å². The average Bonchev–Trinajstić information content (AvgIpc) is 3.39. The summed E-state index contributed by atoms with van der Waals surface area (Å²) in [5.41, 5.74) is 6.29. The number of methoxy groups -OCH3 is 1. The molecule has 5 rings (SSSR count). The second-order valence-electron chi connectivity index (χ2n) is 7.19. The summed E-state index contributed by atoms with van der Waals surface area (Å²) >= 11 is 0. The molecule has 3 aromatic carbocycles. The monoisotopic (exact) mass is 380 g/mol.